The fraction of sp³-hybridized carbons (Fsp3) is 0.385. The van der Waals surface area contributed by atoms with Gasteiger partial charge < -0.3 is 14.2 Å². The zero-order valence-corrected chi connectivity index (χ0v) is 19.6. The van der Waals surface area contributed by atoms with E-state index in [9.17, 15) is 4.79 Å². The van der Waals surface area contributed by atoms with Crippen LogP contribution in [0.5, 0.6) is 5.75 Å². The lowest BCUT2D eigenvalue weighted by atomic mass is 10.1. The molecule has 2 aromatic carbocycles. The van der Waals surface area contributed by atoms with Crippen LogP contribution in [0.2, 0.25) is 0 Å². The molecule has 8 heteroatoms. The summed E-state index contributed by atoms with van der Waals surface area (Å²) in [6.07, 6.45) is 1.08. The first-order valence-electron chi connectivity index (χ1n) is 11.6. The average Bonchev–Trinajstić information content (AvgIpc) is 3.34. The SMILES string of the molecule is Cc1ccc(-c2noc(CCCN3CCN(C(=O)[C@@H](C)Oc4ccc(C#N)cc4)CC3)n2)cc1. The smallest absolute Gasteiger partial charge is 0.263 e. The number of hydrogen-bond donors (Lipinski definition) is 0. The normalized spacial score (nSPS) is 15.0. The molecule has 8 nitrogen and oxygen atoms in total. The summed E-state index contributed by atoms with van der Waals surface area (Å²) >= 11 is 0. The summed E-state index contributed by atoms with van der Waals surface area (Å²) in [5.74, 6) is 1.85. The predicted octanol–water partition coefficient (Wildman–Crippen LogP) is 3.46. The molecule has 1 aliphatic rings. The van der Waals surface area contributed by atoms with E-state index in [0.717, 1.165) is 38.0 Å². The van der Waals surface area contributed by atoms with Crippen molar-refractivity contribution in [1.82, 2.24) is 19.9 Å². The molecule has 1 amide bonds. The summed E-state index contributed by atoms with van der Waals surface area (Å²) < 4.78 is 11.2. The van der Waals surface area contributed by atoms with E-state index in [4.69, 9.17) is 14.5 Å². The van der Waals surface area contributed by atoms with Gasteiger partial charge in [0.1, 0.15) is 5.75 Å². The van der Waals surface area contributed by atoms with Gasteiger partial charge in [-0.3, -0.25) is 9.69 Å². The number of aromatic nitrogens is 2. The van der Waals surface area contributed by atoms with Gasteiger partial charge in [-0.05, 0) is 51.1 Å². The van der Waals surface area contributed by atoms with Crippen molar-refractivity contribution < 1.29 is 14.1 Å². The molecule has 1 fully saturated rings. The van der Waals surface area contributed by atoms with Gasteiger partial charge >= 0.3 is 0 Å². The van der Waals surface area contributed by atoms with E-state index < -0.39 is 6.10 Å². The fourth-order valence-electron chi connectivity index (χ4n) is 3.94. The Balaban J connectivity index is 1.18. The summed E-state index contributed by atoms with van der Waals surface area (Å²) in [5.41, 5.74) is 2.72. The van der Waals surface area contributed by atoms with Crippen LogP contribution < -0.4 is 4.74 Å². The Morgan fingerprint density at radius 1 is 1.12 bits per heavy atom. The van der Waals surface area contributed by atoms with Crippen molar-refractivity contribution in [2.75, 3.05) is 32.7 Å². The Morgan fingerprint density at radius 2 is 1.82 bits per heavy atom. The maximum atomic E-state index is 12.8. The number of hydrogen-bond acceptors (Lipinski definition) is 7. The van der Waals surface area contributed by atoms with Crippen molar-refractivity contribution in [3.05, 3.63) is 65.5 Å². The van der Waals surface area contributed by atoms with E-state index in [2.05, 4.69) is 21.1 Å². The molecular weight excluding hydrogens is 430 g/mol. The molecule has 0 N–H and O–H groups in total. The zero-order valence-electron chi connectivity index (χ0n) is 19.6. The van der Waals surface area contributed by atoms with Gasteiger partial charge in [0.25, 0.3) is 5.91 Å². The van der Waals surface area contributed by atoms with Crippen LogP contribution in [0.1, 0.15) is 30.4 Å². The number of nitrogens with zero attached hydrogens (tertiary/aromatic N) is 5. The molecule has 0 saturated carbocycles. The number of ether oxygens (including phenoxy) is 1. The third-order valence-electron chi connectivity index (χ3n) is 5.97. The summed E-state index contributed by atoms with van der Waals surface area (Å²) in [5, 5.41) is 13.0. The summed E-state index contributed by atoms with van der Waals surface area (Å²) in [7, 11) is 0. The second kappa shape index (κ2) is 10.9. The van der Waals surface area contributed by atoms with E-state index in [1.54, 1.807) is 31.2 Å². The number of piperazine rings is 1. The molecule has 0 bridgehead atoms. The lowest BCUT2D eigenvalue weighted by Crippen LogP contribution is -2.52. The molecule has 0 unspecified atom stereocenters. The number of carbonyl (C=O) groups excluding carboxylic acids is 1. The second-order valence-corrected chi connectivity index (χ2v) is 8.54. The Morgan fingerprint density at radius 3 is 2.50 bits per heavy atom. The topological polar surface area (TPSA) is 95.5 Å². The molecule has 1 aliphatic heterocycles. The van der Waals surface area contributed by atoms with Gasteiger partial charge in [0.2, 0.25) is 11.7 Å². The van der Waals surface area contributed by atoms with Crippen LogP contribution in [0.25, 0.3) is 11.4 Å². The molecular formula is C26H29N5O3. The van der Waals surface area contributed by atoms with Gasteiger partial charge in [0, 0.05) is 38.2 Å². The number of rotatable bonds is 8. The molecule has 0 aliphatic carbocycles. The minimum absolute atomic E-state index is 0.0153. The van der Waals surface area contributed by atoms with Gasteiger partial charge in [-0.2, -0.15) is 10.2 Å². The summed E-state index contributed by atoms with van der Waals surface area (Å²) in [6.45, 7) is 7.74. The Bertz CT molecular complexity index is 1130. The lowest BCUT2D eigenvalue weighted by Gasteiger charge is -2.35. The highest BCUT2D eigenvalue weighted by atomic mass is 16.5. The van der Waals surface area contributed by atoms with Gasteiger partial charge in [-0.15, -0.1) is 0 Å². The minimum atomic E-state index is -0.570. The highest BCUT2D eigenvalue weighted by Gasteiger charge is 2.26. The number of amides is 1. The number of benzene rings is 2. The van der Waals surface area contributed by atoms with E-state index in [1.165, 1.54) is 5.56 Å². The molecule has 2 heterocycles. The standard InChI is InChI=1S/C26H29N5O3/c1-19-5-9-22(10-6-19)25-28-24(34-29-25)4-3-13-30-14-16-31(17-15-30)26(32)20(2)33-23-11-7-21(18-27)8-12-23/h5-12,20H,3-4,13-17H2,1-2H3/t20-/m1/s1. The van der Waals surface area contributed by atoms with Crippen molar-refractivity contribution in [2.45, 2.75) is 32.8 Å². The highest BCUT2D eigenvalue weighted by molar-refractivity contribution is 5.81. The Kier molecular flexibility index (Phi) is 7.55. The second-order valence-electron chi connectivity index (χ2n) is 8.54. The maximum absolute atomic E-state index is 12.8. The van der Waals surface area contributed by atoms with Crippen LogP contribution in [0.4, 0.5) is 0 Å². The van der Waals surface area contributed by atoms with Crippen LogP contribution in [-0.2, 0) is 11.2 Å². The predicted molar refractivity (Wildman–Crippen MR) is 127 cm³/mol. The van der Waals surface area contributed by atoms with Crippen LogP contribution in [0.3, 0.4) is 0 Å². The quantitative estimate of drug-likeness (QED) is 0.509. The third-order valence-corrected chi connectivity index (χ3v) is 5.97. The minimum Gasteiger partial charge on any atom is -0.481 e. The van der Waals surface area contributed by atoms with E-state index in [0.29, 0.717) is 36.1 Å². The monoisotopic (exact) mass is 459 g/mol. The largest absolute Gasteiger partial charge is 0.481 e. The first-order chi connectivity index (χ1) is 16.5. The molecule has 1 saturated heterocycles. The first-order valence-corrected chi connectivity index (χ1v) is 11.6. The van der Waals surface area contributed by atoms with Crippen LogP contribution >= 0.6 is 0 Å². The van der Waals surface area contributed by atoms with Crippen molar-refractivity contribution in [3.8, 4) is 23.2 Å². The van der Waals surface area contributed by atoms with E-state index in [1.807, 2.05) is 36.1 Å². The van der Waals surface area contributed by atoms with Gasteiger partial charge in [-0.25, -0.2) is 0 Å². The van der Waals surface area contributed by atoms with Gasteiger partial charge in [-0.1, -0.05) is 35.0 Å². The van der Waals surface area contributed by atoms with Crippen LogP contribution in [0.15, 0.2) is 53.1 Å². The molecule has 176 valence electrons. The molecule has 4 rings (SSSR count). The Hall–Kier alpha value is -3.70. The van der Waals surface area contributed by atoms with Crippen molar-refractivity contribution >= 4 is 5.91 Å². The highest BCUT2D eigenvalue weighted by Crippen LogP contribution is 2.18. The van der Waals surface area contributed by atoms with E-state index in [-0.39, 0.29) is 5.91 Å². The number of aryl methyl sites for hydroxylation is 2. The number of nitriles is 1. The van der Waals surface area contributed by atoms with Gasteiger partial charge in [0.15, 0.2) is 6.10 Å². The fourth-order valence-corrected chi connectivity index (χ4v) is 3.94. The molecule has 0 spiro atoms. The summed E-state index contributed by atoms with van der Waals surface area (Å²) in [4.78, 5) is 21.5. The third kappa shape index (κ3) is 6.00. The average molecular weight is 460 g/mol. The molecule has 1 aromatic heterocycles. The van der Waals surface area contributed by atoms with Crippen LogP contribution in [-0.4, -0.2) is 64.7 Å². The van der Waals surface area contributed by atoms with Crippen molar-refractivity contribution in [2.24, 2.45) is 0 Å². The van der Waals surface area contributed by atoms with E-state index >= 15 is 0 Å². The summed E-state index contributed by atoms with van der Waals surface area (Å²) in [6, 6.07) is 16.9. The van der Waals surface area contributed by atoms with Crippen molar-refractivity contribution in [3.63, 3.8) is 0 Å². The van der Waals surface area contributed by atoms with Crippen LogP contribution in [0, 0.1) is 18.3 Å². The van der Waals surface area contributed by atoms with Crippen molar-refractivity contribution in [1.29, 1.82) is 5.26 Å². The lowest BCUT2D eigenvalue weighted by molar-refractivity contribution is -0.139. The molecule has 3 aromatic rings. The number of carbonyl (C=O) groups is 1. The first kappa shape index (κ1) is 23.5. The van der Waals surface area contributed by atoms with Gasteiger partial charge in [0.05, 0.1) is 11.6 Å². The molecule has 1 atom stereocenters. The molecule has 34 heavy (non-hydrogen) atoms. The Labute approximate surface area is 199 Å². The molecule has 0 radical (unpaired) electrons. The maximum Gasteiger partial charge on any atom is 0.263 e. The zero-order chi connectivity index (χ0) is 23.9.